The maximum Gasteiger partial charge on any atom is 0.328 e. The summed E-state index contributed by atoms with van der Waals surface area (Å²) in [4.78, 5) is 29.7. The molecular weight excluding hydrogens is 336 g/mol. The molecule has 0 spiro atoms. The average Bonchev–Trinajstić information content (AvgIpc) is 2.80. The Morgan fingerprint density at radius 3 is 2.68 bits per heavy atom. The molecule has 25 heavy (non-hydrogen) atoms. The van der Waals surface area contributed by atoms with Gasteiger partial charge in [-0.15, -0.1) is 0 Å². The van der Waals surface area contributed by atoms with Gasteiger partial charge in [-0.2, -0.15) is 11.8 Å². The summed E-state index contributed by atoms with van der Waals surface area (Å²) in [5.74, 6) is 0.522. The third-order valence-electron chi connectivity index (χ3n) is 5.44. The minimum Gasteiger partial charge on any atom is -0.467 e. The van der Waals surface area contributed by atoms with Crippen molar-refractivity contribution >= 4 is 23.6 Å². The van der Waals surface area contributed by atoms with E-state index in [1.165, 1.54) is 18.2 Å². The largest absolute Gasteiger partial charge is 0.467 e. The number of carbonyl (C=O) groups excluding carboxylic acids is 2. The van der Waals surface area contributed by atoms with E-state index in [9.17, 15) is 9.59 Å². The van der Waals surface area contributed by atoms with Crippen molar-refractivity contribution in [3.05, 3.63) is 35.4 Å². The molecular formula is C19H26N2O3S. The Hall–Kier alpha value is -1.53. The van der Waals surface area contributed by atoms with Gasteiger partial charge in [-0.3, -0.25) is 9.69 Å². The van der Waals surface area contributed by atoms with Gasteiger partial charge in [-0.1, -0.05) is 24.3 Å². The Balaban J connectivity index is 1.94. The van der Waals surface area contributed by atoms with Crippen LogP contribution in [0.1, 0.15) is 31.4 Å². The van der Waals surface area contributed by atoms with E-state index in [1.54, 1.807) is 16.7 Å². The van der Waals surface area contributed by atoms with Gasteiger partial charge in [0.25, 0.3) is 0 Å². The van der Waals surface area contributed by atoms with E-state index in [0.29, 0.717) is 12.8 Å². The summed E-state index contributed by atoms with van der Waals surface area (Å²) in [5.41, 5.74) is 1.97. The fraction of sp³-hybridized carbons (Fsp3) is 0.579. The van der Waals surface area contributed by atoms with Crippen LogP contribution in [0.5, 0.6) is 0 Å². The van der Waals surface area contributed by atoms with Crippen LogP contribution in [-0.2, 0) is 27.3 Å². The second kappa shape index (κ2) is 7.00. The average molecular weight is 362 g/mol. The number of carbonyl (C=O) groups is 2. The molecule has 3 rings (SSSR count). The fourth-order valence-electron chi connectivity index (χ4n) is 4.14. The Bertz CT molecular complexity index is 676. The molecule has 136 valence electrons. The minimum atomic E-state index is -0.534. The molecule has 0 aromatic heterocycles. The zero-order valence-corrected chi connectivity index (χ0v) is 16.1. The highest BCUT2D eigenvalue weighted by Crippen LogP contribution is 2.40. The monoisotopic (exact) mass is 362 g/mol. The van der Waals surface area contributed by atoms with E-state index in [1.807, 2.05) is 32.2 Å². The van der Waals surface area contributed by atoms with E-state index in [4.69, 9.17) is 4.74 Å². The first-order valence-electron chi connectivity index (χ1n) is 8.65. The quantitative estimate of drug-likeness (QED) is 0.752. The number of rotatable bonds is 5. The Kier molecular flexibility index (Phi) is 5.11. The van der Waals surface area contributed by atoms with Crippen LogP contribution in [0.25, 0.3) is 0 Å². The first-order valence-corrected chi connectivity index (χ1v) is 10.0. The second-order valence-corrected chi connectivity index (χ2v) is 8.13. The van der Waals surface area contributed by atoms with E-state index in [2.05, 4.69) is 17.0 Å². The van der Waals surface area contributed by atoms with Gasteiger partial charge in [-0.25, -0.2) is 4.79 Å². The molecule has 1 aromatic rings. The molecule has 2 aliphatic heterocycles. The molecule has 0 saturated carbocycles. The number of hydrogen-bond acceptors (Lipinski definition) is 5. The van der Waals surface area contributed by atoms with Gasteiger partial charge in [0.1, 0.15) is 6.04 Å². The van der Waals surface area contributed by atoms with E-state index in [0.717, 1.165) is 12.3 Å². The lowest BCUT2D eigenvalue weighted by molar-refractivity contribution is -0.156. The van der Waals surface area contributed by atoms with Gasteiger partial charge in [0.2, 0.25) is 5.91 Å². The van der Waals surface area contributed by atoms with Crippen molar-refractivity contribution in [3.8, 4) is 0 Å². The fourth-order valence-corrected chi connectivity index (χ4v) is 4.60. The lowest BCUT2D eigenvalue weighted by Gasteiger charge is -2.42. The lowest BCUT2D eigenvalue weighted by atomic mass is 9.94. The van der Waals surface area contributed by atoms with E-state index in [-0.39, 0.29) is 17.9 Å². The van der Waals surface area contributed by atoms with Crippen molar-refractivity contribution in [1.82, 2.24) is 9.80 Å². The molecule has 2 heterocycles. The number of esters is 1. The van der Waals surface area contributed by atoms with Crippen molar-refractivity contribution < 1.29 is 14.3 Å². The topological polar surface area (TPSA) is 49.9 Å². The second-order valence-electron chi connectivity index (χ2n) is 7.14. The number of fused-ring (bicyclic) bond motifs is 2. The Morgan fingerprint density at radius 1 is 1.36 bits per heavy atom. The molecule has 2 aliphatic rings. The van der Waals surface area contributed by atoms with Crippen molar-refractivity contribution in [1.29, 1.82) is 0 Å². The van der Waals surface area contributed by atoms with Crippen LogP contribution in [-0.4, -0.2) is 58.5 Å². The highest BCUT2D eigenvalue weighted by atomic mass is 32.2. The van der Waals surface area contributed by atoms with Crippen molar-refractivity contribution in [3.63, 3.8) is 0 Å². The number of methoxy groups -OCH3 is 1. The van der Waals surface area contributed by atoms with Gasteiger partial charge in [0, 0.05) is 6.54 Å². The predicted octanol–water partition coefficient (Wildman–Crippen LogP) is 2.29. The van der Waals surface area contributed by atoms with Crippen LogP contribution >= 0.6 is 11.8 Å². The molecule has 0 bridgehead atoms. The number of thioether (sulfide) groups is 1. The third kappa shape index (κ3) is 3.06. The van der Waals surface area contributed by atoms with E-state index >= 15 is 0 Å². The van der Waals surface area contributed by atoms with Crippen LogP contribution in [0, 0.1) is 0 Å². The number of hydrogen-bond donors (Lipinski definition) is 0. The molecule has 6 heteroatoms. The highest BCUT2D eigenvalue weighted by molar-refractivity contribution is 7.98. The molecule has 1 saturated heterocycles. The van der Waals surface area contributed by atoms with Crippen LogP contribution in [0.15, 0.2) is 24.3 Å². The van der Waals surface area contributed by atoms with Gasteiger partial charge < -0.3 is 9.64 Å². The summed E-state index contributed by atoms with van der Waals surface area (Å²) in [5, 5.41) is 0. The molecule has 0 radical (unpaired) electrons. The molecule has 0 unspecified atom stereocenters. The zero-order chi connectivity index (χ0) is 18.2. The summed E-state index contributed by atoms with van der Waals surface area (Å²) < 4.78 is 5.02. The van der Waals surface area contributed by atoms with E-state index < -0.39 is 11.7 Å². The number of amides is 1. The standard InChI is InChI=1S/C19H26N2O3S/c1-19(2)20-12-14-8-6-5-7-13(14)11-16(20)17(22)21(19)15(9-10-25-4)18(23)24-3/h5-8,15-16H,9-12H2,1-4H3/t15-,16-/m0/s1. The van der Waals surface area contributed by atoms with Crippen LogP contribution in [0.4, 0.5) is 0 Å². The van der Waals surface area contributed by atoms with Crippen LogP contribution < -0.4 is 0 Å². The normalized spacial score (nSPS) is 23.1. The van der Waals surface area contributed by atoms with Crippen molar-refractivity contribution in [2.24, 2.45) is 0 Å². The van der Waals surface area contributed by atoms with Gasteiger partial charge >= 0.3 is 5.97 Å². The number of ether oxygens (including phenoxy) is 1. The Labute approximate surface area is 153 Å². The first kappa shape index (κ1) is 18.3. The summed E-state index contributed by atoms with van der Waals surface area (Å²) >= 11 is 1.67. The Morgan fingerprint density at radius 2 is 2.04 bits per heavy atom. The molecule has 5 nitrogen and oxygen atoms in total. The van der Waals surface area contributed by atoms with Gasteiger partial charge in [0.05, 0.1) is 18.8 Å². The predicted molar refractivity (Wildman–Crippen MR) is 99.2 cm³/mol. The van der Waals surface area contributed by atoms with Gasteiger partial charge in [-0.05, 0) is 49.8 Å². The summed E-state index contributed by atoms with van der Waals surface area (Å²) in [6.45, 7) is 4.80. The third-order valence-corrected chi connectivity index (χ3v) is 6.09. The molecule has 1 aromatic carbocycles. The number of benzene rings is 1. The first-order chi connectivity index (χ1) is 11.9. The highest BCUT2D eigenvalue weighted by Gasteiger charge is 2.56. The summed E-state index contributed by atoms with van der Waals surface area (Å²) in [6.07, 6.45) is 3.31. The molecule has 0 aliphatic carbocycles. The molecule has 1 fully saturated rings. The molecule has 0 N–H and O–H groups in total. The maximum atomic E-state index is 13.3. The molecule has 2 atom stereocenters. The molecule has 1 amide bonds. The SMILES string of the molecule is COC(=O)[C@H](CCSC)N1C(=O)[C@@H]2Cc3ccccc3CN2C1(C)C. The van der Waals surface area contributed by atoms with Crippen LogP contribution in [0.2, 0.25) is 0 Å². The summed E-state index contributed by atoms with van der Waals surface area (Å²) in [7, 11) is 1.39. The van der Waals surface area contributed by atoms with Crippen LogP contribution in [0.3, 0.4) is 0 Å². The minimum absolute atomic E-state index is 0.0380. The smallest absolute Gasteiger partial charge is 0.328 e. The summed E-state index contributed by atoms with van der Waals surface area (Å²) in [6, 6.07) is 7.55. The maximum absolute atomic E-state index is 13.3. The van der Waals surface area contributed by atoms with Crippen molar-refractivity contribution in [2.45, 2.75) is 51.0 Å². The number of nitrogens with zero attached hydrogens (tertiary/aromatic N) is 2. The van der Waals surface area contributed by atoms with Gasteiger partial charge in [0.15, 0.2) is 0 Å². The lowest BCUT2D eigenvalue weighted by Crippen LogP contribution is -2.56. The van der Waals surface area contributed by atoms with Crippen molar-refractivity contribution in [2.75, 3.05) is 19.1 Å². The zero-order valence-electron chi connectivity index (χ0n) is 15.3.